The van der Waals surface area contributed by atoms with Crippen LogP contribution in [-0.4, -0.2) is 24.5 Å². The molecule has 0 bridgehead atoms. The molecule has 1 fully saturated rings. The lowest BCUT2D eigenvalue weighted by molar-refractivity contribution is 0.0641. The van der Waals surface area contributed by atoms with E-state index in [2.05, 4.69) is 19.0 Å². The zero-order chi connectivity index (χ0) is 15.0. The summed E-state index contributed by atoms with van der Waals surface area (Å²) in [5.41, 5.74) is 7.49. The van der Waals surface area contributed by atoms with Gasteiger partial charge in [0.05, 0.1) is 6.04 Å². The number of rotatable bonds is 3. The van der Waals surface area contributed by atoms with Gasteiger partial charge in [-0.15, -0.1) is 0 Å². The van der Waals surface area contributed by atoms with Crippen LogP contribution in [0.3, 0.4) is 0 Å². The summed E-state index contributed by atoms with van der Waals surface area (Å²) in [5.74, 6) is 0.864. The van der Waals surface area contributed by atoms with Crippen LogP contribution < -0.4 is 5.73 Å². The minimum Gasteiger partial charge on any atom is -0.459 e. The number of likely N-dealkylation sites (N-methyl/N-ethyl adjacent to an activating group) is 1. The Bertz CT molecular complexity index is 629. The second kappa shape index (κ2) is 5.64. The van der Waals surface area contributed by atoms with Crippen molar-refractivity contribution in [3.05, 3.63) is 35.0 Å². The zero-order valence-electron chi connectivity index (χ0n) is 12.7. The van der Waals surface area contributed by atoms with Gasteiger partial charge < -0.3 is 15.1 Å². The van der Waals surface area contributed by atoms with Crippen molar-refractivity contribution in [3.63, 3.8) is 0 Å². The van der Waals surface area contributed by atoms with Gasteiger partial charge in [-0.2, -0.15) is 0 Å². The molecule has 1 unspecified atom stereocenters. The lowest BCUT2D eigenvalue weighted by atomic mass is 9.75. The minimum atomic E-state index is -0.112. The van der Waals surface area contributed by atoms with Crippen molar-refractivity contribution in [3.8, 4) is 0 Å². The molecule has 1 aliphatic carbocycles. The van der Waals surface area contributed by atoms with Gasteiger partial charge in [-0.05, 0) is 51.2 Å². The van der Waals surface area contributed by atoms with E-state index >= 15 is 0 Å². The zero-order valence-corrected chi connectivity index (χ0v) is 13.5. The van der Waals surface area contributed by atoms with E-state index in [4.69, 9.17) is 21.8 Å². The quantitative estimate of drug-likeness (QED) is 0.916. The van der Waals surface area contributed by atoms with Gasteiger partial charge in [0, 0.05) is 15.9 Å². The summed E-state index contributed by atoms with van der Waals surface area (Å²) in [7, 11) is 4.26. The molecule has 2 N–H and O–H groups in total. The Morgan fingerprint density at radius 3 is 2.57 bits per heavy atom. The maximum Gasteiger partial charge on any atom is 0.134 e. The Hall–Kier alpha value is -1.03. The molecule has 1 aliphatic rings. The fourth-order valence-electron chi connectivity index (χ4n) is 3.65. The first-order valence-corrected chi connectivity index (χ1v) is 8.03. The molecule has 4 heteroatoms. The van der Waals surface area contributed by atoms with Crippen LogP contribution in [0, 0.1) is 0 Å². The van der Waals surface area contributed by atoms with Crippen LogP contribution in [0.5, 0.6) is 0 Å². The smallest absolute Gasteiger partial charge is 0.134 e. The van der Waals surface area contributed by atoms with Gasteiger partial charge in [0.15, 0.2) is 0 Å². The highest BCUT2D eigenvalue weighted by Crippen LogP contribution is 2.42. The minimum absolute atomic E-state index is 0.00405. The van der Waals surface area contributed by atoms with Crippen LogP contribution in [0.1, 0.15) is 43.9 Å². The number of hydrogen-bond acceptors (Lipinski definition) is 3. The van der Waals surface area contributed by atoms with E-state index in [-0.39, 0.29) is 11.6 Å². The third-order valence-electron chi connectivity index (χ3n) is 4.99. The van der Waals surface area contributed by atoms with Gasteiger partial charge in [-0.1, -0.05) is 30.9 Å². The van der Waals surface area contributed by atoms with Crippen molar-refractivity contribution in [1.82, 2.24) is 4.90 Å². The second-order valence-corrected chi connectivity index (χ2v) is 6.80. The Balaban J connectivity index is 1.99. The van der Waals surface area contributed by atoms with Gasteiger partial charge in [0.25, 0.3) is 0 Å². The lowest BCUT2D eigenvalue weighted by Crippen LogP contribution is -2.53. The van der Waals surface area contributed by atoms with Crippen molar-refractivity contribution < 1.29 is 4.42 Å². The molecule has 0 spiro atoms. The van der Waals surface area contributed by atoms with Gasteiger partial charge in [-0.3, -0.25) is 0 Å². The molecular formula is C17H23ClN2O. The molecule has 2 aromatic rings. The Kier molecular flexibility index (Phi) is 4.00. The molecule has 3 nitrogen and oxygen atoms in total. The molecule has 0 saturated heterocycles. The molecule has 0 amide bonds. The summed E-state index contributed by atoms with van der Waals surface area (Å²) in [6.07, 6.45) is 6.02. The van der Waals surface area contributed by atoms with E-state index in [0.717, 1.165) is 34.6 Å². The molecular weight excluding hydrogens is 284 g/mol. The number of nitrogens with zero attached hydrogens (tertiary/aromatic N) is 1. The highest BCUT2D eigenvalue weighted by molar-refractivity contribution is 6.31. The van der Waals surface area contributed by atoms with E-state index in [1.807, 2.05) is 24.3 Å². The fraction of sp³-hybridized carbons (Fsp3) is 0.529. The topological polar surface area (TPSA) is 42.4 Å². The SMILES string of the molecule is CN(C)C1(C(N)c2cc3cc(Cl)ccc3o2)CCCCC1. The standard InChI is InChI=1S/C17H23ClN2O/c1-20(2)17(8-4-3-5-9-17)16(19)15-11-12-10-13(18)6-7-14(12)21-15/h6-7,10-11,16H,3-5,8-9,19H2,1-2H3. The molecule has 1 heterocycles. The number of nitrogens with two attached hydrogens (primary N) is 1. The molecule has 0 aliphatic heterocycles. The molecule has 114 valence electrons. The summed E-state index contributed by atoms with van der Waals surface area (Å²) in [4.78, 5) is 2.29. The first-order chi connectivity index (χ1) is 10.0. The number of benzene rings is 1. The van der Waals surface area contributed by atoms with Gasteiger partial charge >= 0.3 is 0 Å². The van der Waals surface area contributed by atoms with Gasteiger partial charge in [0.2, 0.25) is 0 Å². The highest BCUT2D eigenvalue weighted by atomic mass is 35.5. The Labute approximate surface area is 131 Å². The lowest BCUT2D eigenvalue weighted by Gasteiger charge is -2.46. The molecule has 21 heavy (non-hydrogen) atoms. The van der Waals surface area contributed by atoms with Crippen molar-refractivity contribution in [2.24, 2.45) is 5.73 Å². The first kappa shape index (κ1) is 14.9. The highest BCUT2D eigenvalue weighted by Gasteiger charge is 2.42. The fourth-order valence-corrected chi connectivity index (χ4v) is 3.83. The third-order valence-corrected chi connectivity index (χ3v) is 5.23. The predicted molar refractivity (Wildman–Crippen MR) is 87.7 cm³/mol. The summed E-state index contributed by atoms with van der Waals surface area (Å²) in [5, 5.41) is 1.75. The molecule has 1 aromatic carbocycles. The summed E-state index contributed by atoms with van der Waals surface area (Å²) < 4.78 is 6.00. The van der Waals surface area contributed by atoms with Crippen LogP contribution in [0.15, 0.2) is 28.7 Å². The van der Waals surface area contributed by atoms with E-state index < -0.39 is 0 Å². The van der Waals surface area contributed by atoms with Crippen LogP contribution in [-0.2, 0) is 0 Å². The van der Waals surface area contributed by atoms with E-state index in [1.54, 1.807) is 0 Å². The number of halogens is 1. The monoisotopic (exact) mass is 306 g/mol. The maximum atomic E-state index is 6.64. The third kappa shape index (κ3) is 2.59. The maximum absolute atomic E-state index is 6.64. The first-order valence-electron chi connectivity index (χ1n) is 7.65. The number of furan rings is 1. The molecule has 1 atom stereocenters. The van der Waals surface area contributed by atoms with E-state index in [0.29, 0.717) is 0 Å². The molecule has 0 radical (unpaired) electrons. The van der Waals surface area contributed by atoms with Crippen molar-refractivity contribution >= 4 is 22.6 Å². The Morgan fingerprint density at radius 2 is 1.90 bits per heavy atom. The van der Waals surface area contributed by atoms with E-state index in [9.17, 15) is 0 Å². The van der Waals surface area contributed by atoms with Crippen LogP contribution in [0.25, 0.3) is 11.0 Å². The summed E-state index contributed by atoms with van der Waals surface area (Å²) in [6, 6.07) is 7.63. The largest absolute Gasteiger partial charge is 0.459 e. The summed E-state index contributed by atoms with van der Waals surface area (Å²) >= 11 is 6.05. The average molecular weight is 307 g/mol. The second-order valence-electron chi connectivity index (χ2n) is 6.37. The van der Waals surface area contributed by atoms with Crippen LogP contribution >= 0.6 is 11.6 Å². The predicted octanol–water partition coefficient (Wildman–Crippen LogP) is 4.35. The van der Waals surface area contributed by atoms with Crippen molar-refractivity contribution in [1.29, 1.82) is 0 Å². The van der Waals surface area contributed by atoms with E-state index in [1.165, 1.54) is 19.3 Å². The summed E-state index contributed by atoms with van der Waals surface area (Å²) in [6.45, 7) is 0. The molecule has 3 rings (SSSR count). The average Bonchev–Trinajstić information content (AvgIpc) is 2.89. The van der Waals surface area contributed by atoms with Crippen molar-refractivity contribution in [2.75, 3.05) is 14.1 Å². The Morgan fingerprint density at radius 1 is 1.19 bits per heavy atom. The van der Waals surface area contributed by atoms with Gasteiger partial charge in [-0.25, -0.2) is 0 Å². The number of hydrogen-bond donors (Lipinski definition) is 1. The number of fused-ring (bicyclic) bond motifs is 1. The molecule has 1 aromatic heterocycles. The normalized spacial score (nSPS) is 20.0. The van der Waals surface area contributed by atoms with Crippen molar-refractivity contribution in [2.45, 2.75) is 43.7 Å². The van der Waals surface area contributed by atoms with Gasteiger partial charge in [0.1, 0.15) is 11.3 Å². The van der Waals surface area contributed by atoms with Crippen LogP contribution in [0.4, 0.5) is 0 Å². The van der Waals surface area contributed by atoms with Crippen LogP contribution in [0.2, 0.25) is 5.02 Å². The molecule has 1 saturated carbocycles.